The second-order valence-corrected chi connectivity index (χ2v) is 4.32. The van der Waals surface area contributed by atoms with E-state index in [1.807, 2.05) is 6.92 Å². The number of amides is 1. The number of nitrogens with one attached hydrogen (secondary N) is 1. The lowest BCUT2D eigenvalue weighted by Gasteiger charge is -2.03. The van der Waals surface area contributed by atoms with Crippen LogP contribution in [0.5, 0.6) is 0 Å². The molecule has 0 saturated carbocycles. The van der Waals surface area contributed by atoms with Gasteiger partial charge in [-0.25, -0.2) is 4.98 Å². The van der Waals surface area contributed by atoms with Crippen LogP contribution in [0.1, 0.15) is 32.0 Å². The van der Waals surface area contributed by atoms with Gasteiger partial charge < -0.3 is 11.1 Å². The number of rotatable bonds is 5. The van der Waals surface area contributed by atoms with Gasteiger partial charge in [0.1, 0.15) is 5.82 Å². The molecule has 3 N–H and O–H groups in total. The average molecular weight is 228 g/mol. The van der Waals surface area contributed by atoms with Crippen molar-refractivity contribution in [3.05, 3.63) is 5.82 Å². The van der Waals surface area contributed by atoms with Crippen LogP contribution in [0.3, 0.4) is 0 Å². The monoisotopic (exact) mass is 228 g/mol. The van der Waals surface area contributed by atoms with Gasteiger partial charge in [-0.05, 0) is 26.7 Å². The van der Waals surface area contributed by atoms with Gasteiger partial charge in [-0.2, -0.15) is 4.37 Å². The van der Waals surface area contributed by atoms with Crippen molar-refractivity contribution in [2.45, 2.75) is 39.2 Å². The van der Waals surface area contributed by atoms with Crippen LogP contribution in [0.4, 0.5) is 5.13 Å². The van der Waals surface area contributed by atoms with Gasteiger partial charge in [0.05, 0.1) is 0 Å². The van der Waals surface area contributed by atoms with Crippen molar-refractivity contribution in [3.63, 3.8) is 0 Å². The molecule has 84 valence electrons. The van der Waals surface area contributed by atoms with Crippen LogP contribution in [0.15, 0.2) is 0 Å². The lowest BCUT2D eigenvalue weighted by Crippen LogP contribution is -2.16. The van der Waals surface area contributed by atoms with Crippen molar-refractivity contribution < 1.29 is 4.79 Å². The first-order chi connectivity index (χ1) is 7.08. The molecule has 1 rings (SSSR count). The fourth-order valence-electron chi connectivity index (χ4n) is 1.11. The van der Waals surface area contributed by atoms with E-state index in [0.717, 1.165) is 12.8 Å². The van der Waals surface area contributed by atoms with Crippen LogP contribution >= 0.6 is 11.5 Å². The first kappa shape index (κ1) is 12.1. The first-order valence-corrected chi connectivity index (χ1v) is 5.71. The van der Waals surface area contributed by atoms with E-state index in [-0.39, 0.29) is 11.9 Å². The van der Waals surface area contributed by atoms with Crippen molar-refractivity contribution in [2.24, 2.45) is 5.73 Å². The predicted octanol–water partition coefficient (Wildman–Crippen LogP) is 1.30. The first-order valence-electron chi connectivity index (χ1n) is 4.93. The van der Waals surface area contributed by atoms with Crippen molar-refractivity contribution in [2.75, 3.05) is 5.32 Å². The highest BCUT2D eigenvalue weighted by Crippen LogP contribution is 2.11. The third-order valence-corrected chi connectivity index (χ3v) is 2.56. The number of hydrogen-bond acceptors (Lipinski definition) is 5. The van der Waals surface area contributed by atoms with Gasteiger partial charge in [0.25, 0.3) is 0 Å². The summed E-state index contributed by atoms with van der Waals surface area (Å²) in [7, 11) is 0. The number of aromatic nitrogens is 2. The summed E-state index contributed by atoms with van der Waals surface area (Å²) in [6.45, 7) is 3.73. The summed E-state index contributed by atoms with van der Waals surface area (Å²) in [6.07, 6.45) is 2.16. The maximum atomic E-state index is 11.4. The Hall–Kier alpha value is -1.01. The Kier molecular flexibility index (Phi) is 4.64. The average Bonchev–Trinajstić information content (AvgIpc) is 2.50. The number of nitrogens with zero attached hydrogens (tertiary/aromatic N) is 2. The molecule has 0 aliphatic rings. The molecule has 1 unspecified atom stereocenters. The second kappa shape index (κ2) is 5.77. The van der Waals surface area contributed by atoms with E-state index in [1.165, 1.54) is 11.5 Å². The Bertz CT molecular complexity index is 324. The summed E-state index contributed by atoms with van der Waals surface area (Å²) in [5, 5.41) is 3.27. The van der Waals surface area contributed by atoms with Crippen LogP contribution in [0, 0.1) is 6.92 Å². The minimum absolute atomic E-state index is 0.0215. The molecule has 6 heteroatoms. The highest BCUT2D eigenvalue weighted by Gasteiger charge is 2.06. The molecule has 0 bridgehead atoms. The fraction of sp³-hybridized carbons (Fsp3) is 0.667. The molecule has 0 saturated heterocycles. The van der Waals surface area contributed by atoms with E-state index in [9.17, 15) is 4.79 Å². The second-order valence-electron chi connectivity index (χ2n) is 3.56. The van der Waals surface area contributed by atoms with Crippen molar-refractivity contribution in [1.29, 1.82) is 0 Å². The highest BCUT2D eigenvalue weighted by molar-refractivity contribution is 7.09. The zero-order valence-corrected chi connectivity index (χ0v) is 9.80. The van der Waals surface area contributed by atoms with E-state index in [4.69, 9.17) is 5.73 Å². The maximum absolute atomic E-state index is 11.4. The lowest BCUT2D eigenvalue weighted by molar-refractivity contribution is -0.116. The fourth-order valence-corrected chi connectivity index (χ4v) is 1.71. The molecule has 0 aliphatic heterocycles. The van der Waals surface area contributed by atoms with E-state index in [2.05, 4.69) is 14.7 Å². The summed E-state index contributed by atoms with van der Waals surface area (Å²) in [6, 6.07) is 0.154. The van der Waals surface area contributed by atoms with Crippen LogP contribution in [-0.4, -0.2) is 21.3 Å². The zero-order valence-electron chi connectivity index (χ0n) is 8.99. The zero-order chi connectivity index (χ0) is 11.3. The summed E-state index contributed by atoms with van der Waals surface area (Å²) in [4.78, 5) is 15.4. The van der Waals surface area contributed by atoms with Crippen LogP contribution in [0.2, 0.25) is 0 Å². The molecular weight excluding hydrogens is 212 g/mol. The largest absolute Gasteiger partial charge is 0.328 e. The van der Waals surface area contributed by atoms with E-state index in [1.54, 1.807) is 6.92 Å². The molecule has 1 heterocycles. The van der Waals surface area contributed by atoms with Crippen molar-refractivity contribution in [1.82, 2.24) is 9.36 Å². The standard InChI is InChI=1S/C9H16N4OS/c1-6(10)4-3-5-8(14)12-9-11-7(2)13-15-9/h6H,3-5,10H2,1-2H3,(H,11,12,13,14). The Morgan fingerprint density at radius 3 is 2.93 bits per heavy atom. The minimum atomic E-state index is -0.0215. The number of hydrogen-bond donors (Lipinski definition) is 2. The molecule has 1 atom stereocenters. The van der Waals surface area contributed by atoms with Crippen molar-refractivity contribution >= 4 is 22.6 Å². The number of carbonyl (C=O) groups excluding carboxylic acids is 1. The molecule has 1 aromatic rings. The van der Waals surface area contributed by atoms with Crippen LogP contribution in [0.25, 0.3) is 0 Å². The number of anilines is 1. The van der Waals surface area contributed by atoms with E-state index >= 15 is 0 Å². The molecule has 0 fully saturated rings. The number of aryl methyl sites for hydroxylation is 1. The Morgan fingerprint density at radius 2 is 2.40 bits per heavy atom. The molecule has 0 spiro atoms. The third kappa shape index (κ3) is 4.85. The summed E-state index contributed by atoms with van der Waals surface area (Å²) in [5.41, 5.74) is 5.58. The normalized spacial score (nSPS) is 12.5. The summed E-state index contributed by atoms with van der Waals surface area (Å²) >= 11 is 1.20. The van der Waals surface area contributed by atoms with Crippen LogP contribution in [-0.2, 0) is 4.79 Å². The molecular formula is C9H16N4OS. The Labute approximate surface area is 93.3 Å². The predicted molar refractivity (Wildman–Crippen MR) is 60.8 cm³/mol. The highest BCUT2D eigenvalue weighted by atomic mass is 32.1. The number of carbonyl (C=O) groups is 1. The maximum Gasteiger partial charge on any atom is 0.226 e. The number of nitrogens with two attached hydrogens (primary N) is 1. The van der Waals surface area contributed by atoms with Gasteiger partial charge in [-0.3, -0.25) is 4.79 Å². The van der Waals surface area contributed by atoms with Gasteiger partial charge in [0.15, 0.2) is 0 Å². The quantitative estimate of drug-likeness (QED) is 0.796. The van der Waals surface area contributed by atoms with Crippen molar-refractivity contribution in [3.8, 4) is 0 Å². The molecule has 0 radical (unpaired) electrons. The van der Waals surface area contributed by atoms with Gasteiger partial charge in [0.2, 0.25) is 11.0 Å². The SMILES string of the molecule is Cc1nsc(NC(=O)CCCC(C)N)n1. The minimum Gasteiger partial charge on any atom is -0.328 e. The van der Waals surface area contributed by atoms with Gasteiger partial charge in [0, 0.05) is 24.0 Å². The van der Waals surface area contributed by atoms with E-state index in [0.29, 0.717) is 17.4 Å². The Balaban J connectivity index is 2.24. The third-order valence-electron chi connectivity index (χ3n) is 1.84. The van der Waals surface area contributed by atoms with E-state index < -0.39 is 0 Å². The topological polar surface area (TPSA) is 80.9 Å². The summed E-state index contributed by atoms with van der Waals surface area (Å²) < 4.78 is 3.97. The molecule has 1 amide bonds. The molecule has 0 aliphatic carbocycles. The molecule has 5 nitrogen and oxygen atoms in total. The molecule has 15 heavy (non-hydrogen) atoms. The smallest absolute Gasteiger partial charge is 0.226 e. The van der Waals surface area contributed by atoms with Gasteiger partial charge >= 0.3 is 0 Å². The summed E-state index contributed by atoms with van der Waals surface area (Å²) in [5.74, 6) is 0.665. The van der Waals surface area contributed by atoms with Gasteiger partial charge in [-0.1, -0.05) is 0 Å². The Morgan fingerprint density at radius 1 is 1.67 bits per heavy atom. The molecule has 0 aromatic carbocycles. The van der Waals surface area contributed by atoms with Crippen LogP contribution < -0.4 is 11.1 Å². The van der Waals surface area contributed by atoms with Gasteiger partial charge in [-0.15, -0.1) is 0 Å². The molecule has 1 aromatic heterocycles. The lowest BCUT2D eigenvalue weighted by atomic mass is 10.1.